The Morgan fingerprint density at radius 3 is 2.23 bits per heavy atom. The van der Waals surface area contributed by atoms with Crippen molar-refractivity contribution in [1.82, 2.24) is 5.32 Å². The maximum Gasteiger partial charge on any atom is 0.337 e. The number of amides is 1. The highest BCUT2D eigenvalue weighted by Crippen LogP contribution is 2.38. The molecule has 0 bridgehead atoms. The van der Waals surface area contributed by atoms with Gasteiger partial charge in [-0.05, 0) is 42.3 Å². The highest BCUT2D eigenvalue weighted by molar-refractivity contribution is 7.20. The molecule has 0 radical (unpaired) electrons. The monoisotopic (exact) mass is 481 g/mol. The van der Waals surface area contributed by atoms with Crippen molar-refractivity contribution < 1.29 is 14.3 Å². The lowest BCUT2D eigenvalue weighted by atomic mass is 10.0. The molecule has 1 heterocycles. The molecule has 1 aromatic heterocycles. The van der Waals surface area contributed by atoms with Crippen molar-refractivity contribution in [2.45, 2.75) is 19.4 Å². The van der Waals surface area contributed by atoms with Gasteiger partial charge in [-0.3, -0.25) is 4.79 Å². The van der Waals surface area contributed by atoms with Crippen LogP contribution in [0.3, 0.4) is 0 Å². The third kappa shape index (κ3) is 5.16. The van der Waals surface area contributed by atoms with Crippen molar-refractivity contribution in [3.05, 3.63) is 90.0 Å². The second kappa shape index (κ2) is 9.84. The van der Waals surface area contributed by atoms with Crippen molar-refractivity contribution >= 4 is 58.0 Å². The Morgan fingerprint density at radius 1 is 1.00 bits per heavy atom. The van der Waals surface area contributed by atoms with E-state index < -0.39 is 5.97 Å². The van der Waals surface area contributed by atoms with Gasteiger partial charge < -0.3 is 10.1 Å². The summed E-state index contributed by atoms with van der Waals surface area (Å²) >= 11 is 19.8. The molecule has 3 aromatic rings. The van der Waals surface area contributed by atoms with Gasteiger partial charge in [-0.25, -0.2) is 4.79 Å². The number of carbonyl (C=O) groups is 2. The first kappa shape index (κ1) is 22.6. The van der Waals surface area contributed by atoms with E-state index in [9.17, 15) is 9.59 Å². The zero-order chi connectivity index (χ0) is 21.8. The smallest absolute Gasteiger partial charge is 0.337 e. The van der Waals surface area contributed by atoms with Crippen LogP contribution in [0.15, 0.2) is 48.5 Å². The molecule has 156 valence electrons. The van der Waals surface area contributed by atoms with Crippen LogP contribution in [0.2, 0.25) is 13.7 Å². The zero-order valence-corrected chi connectivity index (χ0v) is 19.3. The Kier molecular flexibility index (Phi) is 7.42. The van der Waals surface area contributed by atoms with Crippen molar-refractivity contribution in [2.75, 3.05) is 7.11 Å². The summed E-state index contributed by atoms with van der Waals surface area (Å²) in [7, 11) is 1.33. The average Bonchev–Trinajstić information content (AvgIpc) is 3.02. The summed E-state index contributed by atoms with van der Waals surface area (Å²) in [6.45, 7) is 1.85. The van der Waals surface area contributed by atoms with Crippen LogP contribution in [0.5, 0.6) is 0 Å². The Hall–Kier alpha value is -2.05. The molecular formula is C22H18Cl3NO3S. The Morgan fingerprint density at radius 2 is 1.63 bits per heavy atom. The normalized spacial score (nSPS) is 11.8. The summed E-state index contributed by atoms with van der Waals surface area (Å²) in [5.74, 6) is -0.721. The number of methoxy groups -OCH3 is 1. The fourth-order valence-corrected chi connectivity index (χ4v) is 4.82. The molecule has 0 aliphatic heterocycles. The lowest BCUT2D eigenvalue weighted by Crippen LogP contribution is -2.27. The number of ether oxygens (including phenoxy) is 1. The third-order valence-corrected chi connectivity index (χ3v) is 6.56. The quantitative estimate of drug-likeness (QED) is 0.404. The lowest BCUT2D eigenvalue weighted by molar-refractivity contribution is 0.0600. The summed E-state index contributed by atoms with van der Waals surface area (Å²) in [5.41, 5.74) is 3.31. The zero-order valence-electron chi connectivity index (χ0n) is 16.2. The first-order valence-electron chi connectivity index (χ1n) is 9.00. The molecule has 1 amide bonds. The fraction of sp³-hybridized carbons (Fsp3) is 0.182. The standard InChI is InChI=1S/C22H18Cl3NO3S/c1-12(14-5-7-15(8-6-14)22(28)29-2)26-21(27)18-17(19(24)30-20(18)25)11-13-3-9-16(23)10-4-13/h3-10,12H,11H2,1-2H3,(H,26,27)/t12-/m0/s1. The van der Waals surface area contributed by atoms with E-state index in [1.54, 1.807) is 36.4 Å². The van der Waals surface area contributed by atoms with Crippen molar-refractivity contribution in [3.8, 4) is 0 Å². The average molecular weight is 483 g/mol. The van der Waals surface area contributed by atoms with Crippen LogP contribution in [-0.2, 0) is 11.2 Å². The van der Waals surface area contributed by atoms with Gasteiger partial charge in [0.15, 0.2) is 0 Å². The third-order valence-electron chi connectivity index (χ3n) is 4.62. The van der Waals surface area contributed by atoms with Crippen molar-refractivity contribution in [2.24, 2.45) is 0 Å². The van der Waals surface area contributed by atoms with Gasteiger partial charge in [0.25, 0.3) is 5.91 Å². The molecule has 2 aromatic carbocycles. The number of nitrogens with one attached hydrogen (secondary N) is 1. The van der Waals surface area contributed by atoms with Gasteiger partial charge in [-0.2, -0.15) is 0 Å². The number of thiophene rings is 1. The SMILES string of the molecule is COC(=O)c1ccc([C@H](C)NC(=O)c2c(Cl)sc(Cl)c2Cc2ccc(Cl)cc2)cc1. The van der Waals surface area contributed by atoms with Gasteiger partial charge in [0, 0.05) is 17.0 Å². The molecule has 0 unspecified atom stereocenters. The second-order valence-corrected chi connectivity index (χ2v) is 9.28. The van der Waals surface area contributed by atoms with Crippen LogP contribution < -0.4 is 5.32 Å². The van der Waals surface area contributed by atoms with Crippen LogP contribution in [-0.4, -0.2) is 19.0 Å². The molecule has 1 N–H and O–H groups in total. The largest absolute Gasteiger partial charge is 0.465 e. The van der Waals surface area contributed by atoms with Crippen LogP contribution >= 0.6 is 46.1 Å². The molecule has 0 aliphatic carbocycles. The van der Waals surface area contributed by atoms with Crippen LogP contribution in [0.4, 0.5) is 0 Å². The number of halogens is 3. The molecule has 0 saturated heterocycles. The Labute approximate surface area is 193 Å². The van der Waals surface area contributed by atoms with E-state index in [4.69, 9.17) is 39.5 Å². The molecule has 1 atom stereocenters. The number of esters is 1. The van der Waals surface area contributed by atoms with Gasteiger partial charge in [0.1, 0.15) is 4.34 Å². The Bertz CT molecular complexity index is 1060. The van der Waals surface area contributed by atoms with Crippen LogP contribution in [0, 0.1) is 0 Å². The molecule has 0 saturated carbocycles. The molecule has 30 heavy (non-hydrogen) atoms. The first-order valence-corrected chi connectivity index (χ1v) is 11.0. The minimum absolute atomic E-state index is 0.303. The van der Waals surface area contributed by atoms with Gasteiger partial charge in [-0.1, -0.05) is 59.1 Å². The van der Waals surface area contributed by atoms with Crippen molar-refractivity contribution in [3.63, 3.8) is 0 Å². The highest BCUT2D eigenvalue weighted by atomic mass is 35.5. The number of hydrogen-bond donors (Lipinski definition) is 1. The molecule has 0 spiro atoms. The summed E-state index contributed by atoms with van der Waals surface area (Å²) in [6.07, 6.45) is 0.462. The minimum atomic E-state index is -0.412. The fourth-order valence-electron chi connectivity index (χ4n) is 2.98. The van der Waals surface area contributed by atoms with E-state index in [2.05, 4.69) is 5.32 Å². The molecule has 0 aliphatic rings. The summed E-state index contributed by atoms with van der Waals surface area (Å²) in [6, 6.07) is 13.9. The topological polar surface area (TPSA) is 55.4 Å². The molecule has 0 fully saturated rings. The van der Waals surface area contributed by atoms with E-state index in [0.29, 0.717) is 36.8 Å². The van der Waals surface area contributed by atoms with Crippen LogP contribution in [0.25, 0.3) is 0 Å². The predicted octanol–water partition coefficient (Wildman–Crippen LogP) is 6.58. The minimum Gasteiger partial charge on any atom is -0.465 e. The number of benzene rings is 2. The maximum atomic E-state index is 13.0. The van der Waals surface area contributed by atoms with E-state index >= 15 is 0 Å². The second-order valence-electron chi connectivity index (χ2n) is 6.62. The van der Waals surface area contributed by atoms with E-state index in [1.165, 1.54) is 18.4 Å². The summed E-state index contributed by atoms with van der Waals surface area (Å²) < 4.78 is 5.52. The van der Waals surface area contributed by atoms with E-state index in [0.717, 1.165) is 11.1 Å². The van der Waals surface area contributed by atoms with Gasteiger partial charge in [0.2, 0.25) is 0 Å². The highest BCUT2D eigenvalue weighted by Gasteiger charge is 2.24. The van der Waals surface area contributed by atoms with E-state index in [-0.39, 0.29) is 11.9 Å². The van der Waals surface area contributed by atoms with Crippen molar-refractivity contribution in [1.29, 1.82) is 0 Å². The molecule has 8 heteroatoms. The van der Waals surface area contributed by atoms with Gasteiger partial charge in [-0.15, -0.1) is 11.3 Å². The summed E-state index contributed by atoms with van der Waals surface area (Å²) in [4.78, 5) is 24.6. The maximum absolute atomic E-state index is 13.0. The number of hydrogen-bond acceptors (Lipinski definition) is 4. The molecule has 3 rings (SSSR count). The molecule has 4 nitrogen and oxygen atoms in total. The first-order chi connectivity index (χ1) is 14.3. The number of rotatable bonds is 6. The lowest BCUT2D eigenvalue weighted by Gasteiger charge is -2.15. The predicted molar refractivity (Wildman–Crippen MR) is 122 cm³/mol. The van der Waals surface area contributed by atoms with E-state index in [1.807, 2.05) is 19.1 Å². The Balaban J connectivity index is 1.79. The number of carbonyl (C=O) groups excluding carboxylic acids is 2. The van der Waals surface area contributed by atoms with Gasteiger partial charge in [0.05, 0.1) is 28.6 Å². The van der Waals surface area contributed by atoms with Crippen LogP contribution in [0.1, 0.15) is 50.4 Å². The summed E-state index contributed by atoms with van der Waals surface area (Å²) in [5, 5.41) is 3.59. The molecular weight excluding hydrogens is 465 g/mol. The van der Waals surface area contributed by atoms with Gasteiger partial charge >= 0.3 is 5.97 Å².